The highest BCUT2D eigenvalue weighted by Gasteiger charge is 2.62. The lowest BCUT2D eigenvalue weighted by atomic mass is 9.52. The molecule has 0 N–H and O–H groups in total. The van der Waals surface area contributed by atoms with Crippen LogP contribution in [0.1, 0.15) is 36.8 Å². The largest absolute Gasteiger partial charge is 0.489 e. The minimum Gasteiger partial charge on any atom is -0.489 e. The summed E-state index contributed by atoms with van der Waals surface area (Å²) in [6.45, 7) is 1.24. The van der Waals surface area contributed by atoms with Crippen molar-refractivity contribution >= 4 is 0 Å². The van der Waals surface area contributed by atoms with Crippen molar-refractivity contribution in [1.29, 1.82) is 0 Å². The molecule has 4 aliphatic rings. The van der Waals surface area contributed by atoms with Gasteiger partial charge in [-0.3, -0.25) is 0 Å². The quantitative estimate of drug-likeness (QED) is 0.707. The van der Waals surface area contributed by atoms with Crippen LogP contribution in [0.25, 0.3) is 0 Å². The number of hydrogen-bond donors (Lipinski definition) is 0. The molecule has 2 nitrogen and oxygen atoms in total. The van der Waals surface area contributed by atoms with E-state index in [0.717, 1.165) is 12.0 Å². The van der Waals surface area contributed by atoms with E-state index in [-0.39, 0.29) is 0 Å². The van der Waals surface area contributed by atoms with Gasteiger partial charge in [0.25, 0.3) is 0 Å². The molecule has 2 fully saturated rings. The fraction of sp³-hybridized carbons (Fsp3) is 0.647. The Kier molecular flexibility index (Phi) is 1.89. The van der Waals surface area contributed by atoms with Gasteiger partial charge in [0.05, 0.1) is 0 Å². The minimum absolute atomic E-state index is 0.375. The average Bonchev–Trinajstić information content (AvgIpc) is 2.76. The molecule has 2 aliphatic heterocycles. The molecule has 0 aromatic heterocycles. The second-order valence-electron chi connectivity index (χ2n) is 6.98. The Hall–Kier alpha value is -1.02. The maximum Gasteiger partial charge on any atom is 0.123 e. The van der Waals surface area contributed by atoms with Crippen molar-refractivity contribution in [1.82, 2.24) is 4.90 Å². The summed E-state index contributed by atoms with van der Waals surface area (Å²) < 4.78 is 6.40. The van der Waals surface area contributed by atoms with Crippen molar-refractivity contribution in [3.05, 3.63) is 29.3 Å². The third-order valence-corrected chi connectivity index (χ3v) is 6.40. The van der Waals surface area contributed by atoms with Gasteiger partial charge in [0.15, 0.2) is 0 Å². The van der Waals surface area contributed by atoms with Crippen LogP contribution in [0.2, 0.25) is 0 Å². The van der Waals surface area contributed by atoms with E-state index in [2.05, 4.69) is 30.1 Å². The molecule has 2 heterocycles. The molecule has 100 valence electrons. The second-order valence-corrected chi connectivity index (χ2v) is 6.98. The monoisotopic (exact) mass is 255 g/mol. The Morgan fingerprint density at radius 3 is 3.21 bits per heavy atom. The highest BCUT2D eigenvalue weighted by atomic mass is 16.5. The number of hydrogen-bond acceptors (Lipinski definition) is 2. The lowest BCUT2D eigenvalue weighted by Crippen LogP contribution is -2.63. The number of rotatable bonds is 0. The van der Waals surface area contributed by atoms with Crippen LogP contribution < -0.4 is 4.74 Å². The third kappa shape index (κ3) is 1.10. The first-order valence-corrected chi connectivity index (χ1v) is 7.80. The van der Waals surface area contributed by atoms with E-state index in [1.54, 1.807) is 11.1 Å². The van der Waals surface area contributed by atoms with Crippen molar-refractivity contribution in [2.24, 2.45) is 5.92 Å². The zero-order chi connectivity index (χ0) is 12.6. The normalized spacial score (nSPS) is 42.7. The van der Waals surface area contributed by atoms with E-state index in [4.69, 9.17) is 4.74 Å². The van der Waals surface area contributed by atoms with E-state index >= 15 is 0 Å². The molecule has 2 bridgehead atoms. The van der Waals surface area contributed by atoms with Crippen LogP contribution in [0.4, 0.5) is 0 Å². The van der Waals surface area contributed by atoms with Gasteiger partial charge in [-0.25, -0.2) is 0 Å². The maximum atomic E-state index is 6.40. The standard InChI is InChI=1S/C17H21NO/c1-18-9-8-17-12-5-3-7-15(17)19-14-6-2-4-11(16(14)17)10-13(12)18/h2,4,6,12-13,15H,3,5,7-10H2,1H3/t12-,13+,15-,17+/m0/s1. The summed E-state index contributed by atoms with van der Waals surface area (Å²) in [5.41, 5.74) is 3.57. The fourth-order valence-corrected chi connectivity index (χ4v) is 5.68. The lowest BCUT2D eigenvalue weighted by Gasteiger charge is -2.57. The number of likely N-dealkylation sites (tertiary alicyclic amines) is 1. The van der Waals surface area contributed by atoms with Gasteiger partial charge in [0, 0.05) is 17.0 Å². The molecule has 0 unspecified atom stereocenters. The van der Waals surface area contributed by atoms with E-state index in [1.807, 2.05) is 0 Å². The molecule has 1 aromatic rings. The Bertz CT molecular complexity index is 554. The van der Waals surface area contributed by atoms with Crippen LogP contribution in [0.5, 0.6) is 5.75 Å². The highest BCUT2D eigenvalue weighted by molar-refractivity contribution is 5.54. The number of benzene rings is 1. The van der Waals surface area contributed by atoms with E-state index in [0.29, 0.717) is 11.5 Å². The van der Waals surface area contributed by atoms with Gasteiger partial charge in [-0.1, -0.05) is 12.1 Å². The van der Waals surface area contributed by atoms with Gasteiger partial charge in [0.1, 0.15) is 11.9 Å². The van der Waals surface area contributed by atoms with E-state index < -0.39 is 0 Å². The highest BCUT2D eigenvalue weighted by Crippen LogP contribution is 2.61. The SMILES string of the molecule is CN1CC[C@]23c4c5cccc4O[C@H]2CCC[C@H]3[C@H]1C5. The van der Waals surface area contributed by atoms with Crippen LogP contribution in [0.15, 0.2) is 18.2 Å². The zero-order valence-corrected chi connectivity index (χ0v) is 11.6. The number of piperidine rings is 1. The minimum atomic E-state index is 0.375. The summed E-state index contributed by atoms with van der Waals surface area (Å²) in [5.74, 6) is 2.05. The zero-order valence-electron chi connectivity index (χ0n) is 11.6. The summed E-state index contributed by atoms with van der Waals surface area (Å²) in [7, 11) is 2.33. The molecule has 2 heteroatoms. The van der Waals surface area contributed by atoms with Gasteiger partial charge in [0.2, 0.25) is 0 Å². The molecule has 0 amide bonds. The summed E-state index contributed by atoms with van der Waals surface area (Å²) in [5, 5.41) is 0. The molecule has 0 radical (unpaired) electrons. The van der Waals surface area contributed by atoms with E-state index in [9.17, 15) is 0 Å². The van der Waals surface area contributed by atoms with Gasteiger partial charge in [-0.05, 0) is 63.2 Å². The molecule has 4 atom stereocenters. The van der Waals surface area contributed by atoms with Crippen LogP contribution in [0, 0.1) is 5.92 Å². The number of nitrogens with zero attached hydrogens (tertiary/aromatic N) is 1. The topological polar surface area (TPSA) is 12.5 Å². The molecule has 1 saturated heterocycles. The van der Waals surface area contributed by atoms with E-state index in [1.165, 1.54) is 44.4 Å². The van der Waals surface area contributed by atoms with Crippen LogP contribution in [0.3, 0.4) is 0 Å². The molecule has 1 saturated carbocycles. The Balaban J connectivity index is 1.81. The first-order valence-electron chi connectivity index (χ1n) is 7.80. The van der Waals surface area contributed by atoms with Crippen LogP contribution in [-0.4, -0.2) is 30.6 Å². The summed E-state index contributed by atoms with van der Waals surface area (Å²) in [4.78, 5) is 2.62. The van der Waals surface area contributed by atoms with Crippen molar-refractivity contribution in [3.8, 4) is 5.75 Å². The predicted molar refractivity (Wildman–Crippen MR) is 74.6 cm³/mol. The average molecular weight is 255 g/mol. The predicted octanol–water partition coefficient (Wildman–Crippen LogP) is 2.75. The van der Waals surface area contributed by atoms with Crippen LogP contribution in [-0.2, 0) is 11.8 Å². The van der Waals surface area contributed by atoms with Gasteiger partial charge in [-0.2, -0.15) is 0 Å². The Labute approximate surface area is 114 Å². The second kappa shape index (κ2) is 3.35. The molecule has 19 heavy (non-hydrogen) atoms. The Morgan fingerprint density at radius 1 is 1.32 bits per heavy atom. The third-order valence-electron chi connectivity index (χ3n) is 6.40. The first kappa shape index (κ1) is 10.7. The van der Waals surface area contributed by atoms with Gasteiger partial charge >= 0.3 is 0 Å². The summed E-state index contributed by atoms with van der Waals surface area (Å²) in [6.07, 6.45) is 7.04. The lowest BCUT2D eigenvalue weighted by molar-refractivity contribution is -0.0425. The number of ether oxygens (including phenoxy) is 1. The molecule has 1 spiro atoms. The van der Waals surface area contributed by atoms with Gasteiger partial charge in [-0.15, -0.1) is 0 Å². The van der Waals surface area contributed by atoms with Gasteiger partial charge < -0.3 is 9.64 Å². The molecule has 5 rings (SSSR count). The molecule has 1 aromatic carbocycles. The number of likely N-dealkylation sites (N-methyl/N-ethyl adjacent to an activating group) is 1. The fourth-order valence-electron chi connectivity index (χ4n) is 5.68. The molecular formula is C17H21NO. The summed E-state index contributed by atoms with van der Waals surface area (Å²) >= 11 is 0. The smallest absolute Gasteiger partial charge is 0.123 e. The van der Waals surface area contributed by atoms with Crippen molar-refractivity contribution in [2.75, 3.05) is 13.6 Å². The summed E-state index contributed by atoms with van der Waals surface area (Å²) in [6, 6.07) is 7.50. The molecule has 2 aliphatic carbocycles. The van der Waals surface area contributed by atoms with Crippen LogP contribution >= 0.6 is 0 Å². The Morgan fingerprint density at radius 2 is 2.26 bits per heavy atom. The van der Waals surface area contributed by atoms with Crippen molar-refractivity contribution in [3.63, 3.8) is 0 Å². The van der Waals surface area contributed by atoms with Crippen molar-refractivity contribution in [2.45, 2.75) is 49.7 Å². The molecular weight excluding hydrogens is 234 g/mol. The van der Waals surface area contributed by atoms with Crippen molar-refractivity contribution < 1.29 is 4.74 Å². The maximum absolute atomic E-state index is 6.40. The first-order chi connectivity index (χ1) is 9.30.